The van der Waals surface area contributed by atoms with Gasteiger partial charge in [-0.05, 0) is 42.5 Å². The predicted molar refractivity (Wildman–Crippen MR) is 96.3 cm³/mol. The Morgan fingerprint density at radius 1 is 0.708 bits per heavy atom. The summed E-state index contributed by atoms with van der Waals surface area (Å²) in [5.74, 6) is 0.341. The van der Waals surface area contributed by atoms with Crippen molar-refractivity contribution in [2.45, 2.75) is 0 Å². The van der Waals surface area contributed by atoms with Crippen LogP contribution in [0.1, 0.15) is 10.6 Å². The van der Waals surface area contributed by atoms with E-state index >= 15 is 0 Å². The number of para-hydroxylation sites is 2. The van der Waals surface area contributed by atoms with E-state index in [1.807, 2.05) is 54.6 Å². The summed E-state index contributed by atoms with van der Waals surface area (Å²) < 4.78 is 5.59. The molecule has 3 heteroatoms. The fourth-order valence-corrected chi connectivity index (χ4v) is 2.84. The molecule has 0 radical (unpaired) electrons. The monoisotopic (exact) mass is 313 g/mol. The molecule has 0 spiro atoms. The lowest BCUT2D eigenvalue weighted by Crippen LogP contribution is -2.09. The van der Waals surface area contributed by atoms with Crippen molar-refractivity contribution in [3.8, 4) is 0 Å². The number of hydrogen-bond acceptors (Lipinski definition) is 3. The second kappa shape index (κ2) is 6.05. The van der Waals surface area contributed by atoms with E-state index in [4.69, 9.17) is 4.42 Å². The normalized spacial score (nSPS) is 10.7. The lowest BCUT2D eigenvalue weighted by molar-refractivity contribution is 0.110. The van der Waals surface area contributed by atoms with Crippen LogP contribution in [0.4, 0.5) is 17.1 Å². The van der Waals surface area contributed by atoms with E-state index in [-0.39, 0.29) is 0 Å². The van der Waals surface area contributed by atoms with Gasteiger partial charge in [-0.1, -0.05) is 36.4 Å². The van der Waals surface area contributed by atoms with E-state index in [2.05, 4.69) is 29.2 Å². The number of hydrogen-bond donors (Lipinski definition) is 0. The van der Waals surface area contributed by atoms with Crippen molar-refractivity contribution in [2.75, 3.05) is 4.90 Å². The SMILES string of the molecule is O=Cc1cc2ccc(N(c3ccccc3)c3ccccc3)cc2o1. The van der Waals surface area contributed by atoms with Crippen molar-refractivity contribution in [3.05, 3.63) is 90.7 Å². The molecule has 1 aromatic heterocycles. The number of carbonyl (C=O) groups excluding carboxylic acids is 1. The maximum absolute atomic E-state index is 10.9. The van der Waals surface area contributed by atoms with Crippen LogP contribution in [-0.2, 0) is 0 Å². The van der Waals surface area contributed by atoms with Gasteiger partial charge in [0.2, 0.25) is 0 Å². The van der Waals surface area contributed by atoms with Crippen molar-refractivity contribution < 1.29 is 9.21 Å². The van der Waals surface area contributed by atoms with Crippen LogP contribution < -0.4 is 4.90 Å². The standard InChI is InChI=1S/C21H15NO2/c23-15-20-13-16-11-12-19(14-21(16)24-20)22(17-7-3-1-4-8-17)18-9-5-2-6-10-18/h1-15H. The second-order valence-corrected chi connectivity index (χ2v) is 5.50. The number of benzene rings is 3. The fraction of sp³-hybridized carbons (Fsp3) is 0. The van der Waals surface area contributed by atoms with Gasteiger partial charge in [0.15, 0.2) is 12.0 Å². The molecule has 0 aliphatic rings. The molecule has 3 aromatic carbocycles. The Morgan fingerprint density at radius 3 is 1.92 bits per heavy atom. The molecule has 0 fully saturated rings. The summed E-state index contributed by atoms with van der Waals surface area (Å²) in [6.07, 6.45) is 0.728. The number of fused-ring (bicyclic) bond motifs is 1. The second-order valence-electron chi connectivity index (χ2n) is 5.50. The first-order valence-corrected chi connectivity index (χ1v) is 7.74. The zero-order valence-corrected chi connectivity index (χ0v) is 12.9. The van der Waals surface area contributed by atoms with Gasteiger partial charge in [0.05, 0.1) is 0 Å². The molecule has 1 heterocycles. The first-order chi connectivity index (χ1) is 11.8. The number of anilines is 3. The van der Waals surface area contributed by atoms with Crippen molar-refractivity contribution in [1.29, 1.82) is 0 Å². The summed E-state index contributed by atoms with van der Waals surface area (Å²) in [5, 5.41) is 0.918. The van der Waals surface area contributed by atoms with Crippen LogP contribution in [0.2, 0.25) is 0 Å². The van der Waals surface area contributed by atoms with Crippen molar-refractivity contribution in [3.63, 3.8) is 0 Å². The Hall–Kier alpha value is -3.33. The average molecular weight is 313 g/mol. The third-order valence-electron chi connectivity index (χ3n) is 3.93. The molecule has 0 unspecified atom stereocenters. The van der Waals surface area contributed by atoms with Crippen LogP contribution in [0.15, 0.2) is 89.3 Å². The van der Waals surface area contributed by atoms with E-state index < -0.39 is 0 Å². The number of carbonyl (C=O) groups is 1. The summed E-state index contributed by atoms with van der Waals surface area (Å²) >= 11 is 0. The quantitative estimate of drug-likeness (QED) is 0.452. The Labute approximate surface area is 139 Å². The molecular weight excluding hydrogens is 298 g/mol. The van der Waals surface area contributed by atoms with Gasteiger partial charge in [0.1, 0.15) is 5.58 Å². The highest BCUT2D eigenvalue weighted by molar-refractivity contribution is 5.89. The molecule has 116 valence electrons. The smallest absolute Gasteiger partial charge is 0.185 e. The van der Waals surface area contributed by atoms with E-state index in [1.54, 1.807) is 6.07 Å². The minimum absolute atomic E-state index is 0.341. The van der Waals surface area contributed by atoms with Crippen LogP contribution in [0.25, 0.3) is 11.0 Å². The maximum Gasteiger partial charge on any atom is 0.185 e. The maximum atomic E-state index is 10.9. The Kier molecular flexibility index (Phi) is 3.60. The largest absolute Gasteiger partial charge is 0.453 e. The molecule has 0 N–H and O–H groups in total. The number of rotatable bonds is 4. The molecule has 3 nitrogen and oxygen atoms in total. The van der Waals surface area contributed by atoms with E-state index in [0.717, 1.165) is 28.7 Å². The molecule has 0 aliphatic carbocycles. The highest BCUT2D eigenvalue weighted by atomic mass is 16.3. The number of furan rings is 1. The van der Waals surface area contributed by atoms with Crippen LogP contribution in [0, 0.1) is 0 Å². The Morgan fingerprint density at radius 2 is 1.33 bits per heavy atom. The molecule has 4 rings (SSSR count). The van der Waals surface area contributed by atoms with E-state index in [9.17, 15) is 4.79 Å². The van der Waals surface area contributed by atoms with Gasteiger partial charge in [0, 0.05) is 28.5 Å². The van der Waals surface area contributed by atoms with Gasteiger partial charge < -0.3 is 9.32 Å². The van der Waals surface area contributed by atoms with E-state index in [1.165, 1.54) is 0 Å². The summed E-state index contributed by atoms with van der Waals surface area (Å²) in [6, 6.07) is 28.0. The molecule has 0 saturated carbocycles. The van der Waals surface area contributed by atoms with E-state index in [0.29, 0.717) is 11.3 Å². The van der Waals surface area contributed by atoms with Gasteiger partial charge in [-0.3, -0.25) is 4.79 Å². The number of nitrogens with zero attached hydrogens (tertiary/aromatic N) is 1. The zero-order chi connectivity index (χ0) is 16.4. The Bertz CT molecular complexity index is 935. The first-order valence-electron chi connectivity index (χ1n) is 7.74. The van der Waals surface area contributed by atoms with Crippen LogP contribution in [0.3, 0.4) is 0 Å². The van der Waals surface area contributed by atoms with Crippen LogP contribution >= 0.6 is 0 Å². The fourth-order valence-electron chi connectivity index (χ4n) is 2.84. The summed E-state index contributed by atoms with van der Waals surface area (Å²) in [4.78, 5) is 13.1. The third-order valence-corrected chi connectivity index (χ3v) is 3.93. The predicted octanol–water partition coefficient (Wildman–Crippen LogP) is 5.72. The van der Waals surface area contributed by atoms with Crippen LogP contribution in [-0.4, -0.2) is 6.29 Å². The topological polar surface area (TPSA) is 33.5 Å². The lowest BCUT2D eigenvalue weighted by Gasteiger charge is -2.25. The molecule has 0 aliphatic heterocycles. The molecule has 0 bridgehead atoms. The van der Waals surface area contributed by atoms with Crippen molar-refractivity contribution in [2.24, 2.45) is 0 Å². The third kappa shape index (κ3) is 2.57. The molecule has 0 atom stereocenters. The molecule has 0 saturated heterocycles. The van der Waals surface area contributed by atoms with Crippen molar-refractivity contribution in [1.82, 2.24) is 0 Å². The van der Waals surface area contributed by atoms with Crippen LogP contribution in [0.5, 0.6) is 0 Å². The zero-order valence-electron chi connectivity index (χ0n) is 12.9. The molecular formula is C21H15NO2. The molecule has 0 amide bonds. The summed E-state index contributed by atoms with van der Waals surface area (Å²) in [7, 11) is 0. The average Bonchev–Trinajstić information content (AvgIpc) is 3.06. The minimum Gasteiger partial charge on any atom is -0.453 e. The van der Waals surface area contributed by atoms with Gasteiger partial charge >= 0.3 is 0 Å². The van der Waals surface area contributed by atoms with Gasteiger partial charge in [-0.15, -0.1) is 0 Å². The van der Waals surface area contributed by atoms with Gasteiger partial charge in [0.25, 0.3) is 0 Å². The highest BCUT2D eigenvalue weighted by Crippen LogP contribution is 2.36. The van der Waals surface area contributed by atoms with Gasteiger partial charge in [-0.2, -0.15) is 0 Å². The van der Waals surface area contributed by atoms with Crippen molar-refractivity contribution >= 4 is 34.3 Å². The number of aldehydes is 1. The highest BCUT2D eigenvalue weighted by Gasteiger charge is 2.13. The van der Waals surface area contributed by atoms with Gasteiger partial charge in [-0.25, -0.2) is 0 Å². The summed E-state index contributed by atoms with van der Waals surface area (Å²) in [5.41, 5.74) is 3.80. The lowest BCUT2D eigenvalue weighted by atomic mass is 10.1. The molecule has 4 aromatic rings. The Balaban J connectivity index is 1.88. The summed E-state index contributed by atoms with van der Waals surface area (Å²) in [6.45, 7) is 0. The molecule has 24 heavy (non-hydrogen) atoms. The minimum atomic E-state index is 0.341. The first kappa shape index (κ1) is 14.3.